The molecule has 146 valence electrons. The molecule has 4 nitrogen and oxygen atoms in total. The molecule has 0 bridgehead atoms. The number of hydrogen-bond donors (Lipinski definition) is 0. The standard InChI is InChI=1S/C7H5ClF12N2O2/c1-3(8,24-22(6(15,16)17)7(18,19)20)2-23-21(4(9,10)11)5(12,13)14/h2H2,1H3. The van der Waals surface area contributed by atoms with Gasteiger partial charge in [-0.15, -0.1) is 0 Å². The van der Waals surface area contributed by atoms with Gasteiger partial charge in [0, 0.05) is 10.1 Å². The minimum atomic E-state index is -6.25. The Morgan fingerprint density at radius 3 is 1.21 bits per heavy atom. The number of halogens is 13. The zero-order valence-electron chi connectivity index (χ0n) is 10.8. The van der Waals surface area contributed by atoms with Crippen molar-refractivity contribution >= 4 is 11.6 Å². The third kappa shape index (κ3) is 7.45. The monoisotopic (exact) mass is 412 g/mol. The highest BCUT2D eigenvalue weighted by Gasteiger charge is 2.59. The van der Waals surface area contributed by atoms with Crippen molar-refractivity contribution in [1.82, 2.24) is 10.1 Å². The van der Waals surface area contributed by atoms with Crippen LogP contribution in [0.1, 0.15) is 6.92 Å². The van der Waals surface area contributed by atoms with Crippen LogP contribution in [0.15, 0.2) is 0 Å². The molecule has 0 N–H and O–H groups in total. The molecule has 0 aliphatic rings. The lowest BCUT2D eigenvalue weighted by Gasteiger charge is -2.33. The van der Waals surface area contributed by atoms with Gasteiger partial charge in [0.05, 0.1) is 0 Å². The van der Waals surface area contributed by atoms with Crippen molar-refractivity contribution in [3.05, 3.63) is 0 Å². The second-order valence-corrected chi connectivity index (χ2v) is 4.73. The van der Waals surface area contributed by atoms with E-state index in [-0.39, 0.29) is 6.92 Å². The van der Waals surface area contributed by atoms with Crippen LogP contribution in [0.5, 0.6) is 0 Å². The molecule has 0 saturated carbocycles. The molecule has 0 fully saturated rings. The van der Waals surface area contributed by atoms with Crippen LogP contribution in [0.4, 0.5) is 52.7 Å². The summed E-state index contributed by atoms with van der Waals surface area (Å²) < 4.78 is 145. The van der Waals surface area contributed by atoms with Crippen molar-refractivity contribution in [2.75, 3.05) is 6.61 Å². The summed E-state index contributed by atoms with van der Waals surface area (Å²) in [5.74, 6) is 0. The molecule has 0 heterocycles. The Morgan fingerprint density at radius 2 is 0.958 bits per heavy atom. The summed E-state index contributed by atoms with van der Waals surface area (Å²) in [6.07, 6.45) is -24.9. The lowest BCUT2D eigenvalue weighted by atomic mass is 10.4. The van der Waals surface area contributed by atoms with Gasteiger partial charge in [0.1, 0.15) is 6.61 Å². The summed E-state index contributed by atoms with van der Waals surface area (Å²) in [5, 5.41) is -8.59. The Balaban J connectivity index is 5.20. The number of hydroxylamine groups is 4. The molecule has 0 aliphatic heterocycles. The largest absolute Gasteiger partial charge is 0.490 e. The SMILES string of the molecule is CC(Cl)(CON(C(F)(F)F)C(F)(F)F)ON(C(F)(F)F)C(F)(F)F. The first-order chi connectivity index (χ1) is 10.2. The van der Waals surface area contributed by atoms with Crippen LogP contribution in [0.3, 0.4) is 0 Å². The molecule has 0 radical (unpaired) electrons. The topological polar surface area (TPSA) is 24.9 Å². The van der Waals surface area contributed by atoms with Crippen molar-refractivity contribution in [1.29, 1.82) is 0 Å². The maximum Gasteiger partial charge on any atom is 0.490 e. The van der Waals surface area contributed by atoms with Crippen molar-refractivity contribution in [2.24, 2.45) is 0 Å². The highest BCUT2D eigenvalue weighted by Crippen LogP contribution is 2.38. The Morgan fingerprint density at radius 1 is 0.667 bits per heavy atom. The van der Waals surface area contributed by atoms with Crippen LogP contribution in [-0.4, -0.2) is 47.0 Å². The summed E-state index contributed by atoms with van der Waals surface area (Å²) in [4.78, 5) is 6.33. The van der Waals surface area contributed by atoms with E-state index in [1.54, 1.807) is 0 Å². The van der Waals surface area contributed by atoms with E-state index in [2.05, 4.69) is 9.68 Å². The van der Waals surface area contributed by atoms with Crippen LogP contribution in [0.25, 0.3) is 0 Å². The third-order valence-corrected chi connectivity index (χ3v) is 1.83. The van der Waals surface area contributed by atoms with E-state index in [1.807, 2.05) is 0 Å². The first-order valence-corrected chi connectivity index (χ1v) is 5.44. The van der Waals surface area contributed by atoms with Crippen LogP contribution < -0.4 is 0 Å². The number of alkyl halides is 13. The summed E-state index contributed by atoms with van der Waals surface area (Å²) in [6.45, 7) is -2.07. The van der Waals surface area contributed by atoms with Gasteiger partial charge in [-0.2, -0.15) is 52.7 Å². The predicted molar refractivity (Wildman–Crippen MR) is 49.2 cm³/mol. The van der Waals surface area contributed by atoms with E-state index in [4.69, 9.17) is 11.6 Å². The molecule has 0 aromatic carbocycles. The Labute approximate surface area is 129 Å². The second-order valence-electron chi connectivity index (χ2n) is 3.93. The summed E-state index contributed by atoms with van der Waals surface area (Å²) in [7, 11) is 0. The molecule has 0 aromatic rings. The van der Waals surface area contributed by atoms with Gasteiger partial charge < -0.3 is 0 Å². The molecule has 0 rings (SSSR count). The molecular weight excluding hydrogens is 408 g/mol. The molecule has 0 spiro atoms. The van der Waals surface area contributed by atoms with Gasteiger partial charge in [0.25, 0.3) is 0 Å². The molecule has 0 aromatic heterocycles. The highest BCUT2D eigenvalue weighted by atomic mass is 35.5. The molecule has 1 unspecified atom stereocenters. The number of rotatable bonds is 5. The minimum absolute atomic E-state index is 0.115. The van der Waals surface area contributed by atoms with Gasteiger partial charge in [-0.1, -0.05) is 11.6 Å². The molecule has 24 heavy (non-hydrogen) atoms. The zero-order chi connectivity index (χ0) is 19.8. The van der Waals surface area contributed by atoms with Gasteiger partial charge in [0.15, 0.2) is 5.06 Å². The van der Waals surface area contributed by atoms with Gasteiger partial charge in [0.2, 0.25) is 0 Å². The molecular formula is C7H5ClF12N2O2. The fraction of sp³-hybridized carbons (Fsp3) is 1.00. The maximum absolute atomic E-state index is 12.1. The first kappa shape index (κ1) is 23.3. The number of hydrogen-bond acceptors (Lipinski definition) is 4. The average Bonchev–Trinajstić information content (AvgIpc) is 2.18. The van der Waals surface area contributed by atoms with E-state index in [0.717, 1.165) is 0 Å². The molecule has 0 aliphatic carbocycles. The molecule has 1 atom stereocenters. The van der Waals surface area contributed by atoms with Crippen LogP contribution in [0.2, 0.25) is 0 Å². The average molecular weight is 413 g/mol. The molecule has 17 heteroatoms. The second kappa shape index (κ2) is 6.89. The highest BCUT2D eigenvalue weighted by molar-refractivity contribution is 6.22. The lowest BCUT2D eigenvalue weighted by Crippen LogP contribution is -2.54. The fourth-order valence-corrected chi connectivity index (χ4v) is 1.05. The third-order valence-electron chi connectivity index (χ3n) is 1.65. The normalized spacial score (nSPS) is 17.5. The van der Waals surface area contributed by atoms with Crippen LogP contribution in [0, 0.1) is 0 Å². The van der Waals surface area contributed by atoms with Gasteiger partial charge >= 0.3 is 25.2 Å². The summed E-state index contributed by atoms with van der Waals surface area (Å²) >= 11 is 4.94. The lowest BCUT2D eigenvalue weighted by molar-refractivity contribution is -0.511. The first-order valence-electron chi connectivity index (χ1n) is 5.06. The molecule has 0 saturated heterocycles. The smallest absolute Gasteiger partial charge is 0.280 e. The van der Waals surface area contributed by atoms with Crippen LogP contribution in [-0.2, 0) is 9.68 Å². The quantitative estimate of drug-likeness (QED) is 0.288. The Hall–Kier alpha value is -0.710. The van der Waals surface area contributed by atoms with E-state index >= 15 is 0 Å². The number of nitrogens with zero attached hydrogens (tertiary/aromatic N) is 2. The zero-order valence-corrected chi connectivity index (χ0v) is 11.6. The van der Waals surface area contributed by atoms with Gasteiger partial charge in [-0.3, -0.25) is 9.68 Å². The van der Waals surface area contributed by atoms with Crippen LogP contribution >= 0.6 is 11.6 Å². The summed E-state index contributed by atoms with van der Waals surface area (Å²) in [6, 6.07) is 0. The van der Waals surface area contributed by atoms with Crippen molar-refractivity contribution in [3.8, 4) is 0 Å². The van der Waals surface area contributed by atoms with Crippen molar-refractivity contribution in [2.45, 2.75) is 37.2 Å². The summed E-state index contributed by atoms with van der Waals surface area (Å²) in [5.41, 5.74) is 0. The van der Waals surface area contributed by atoms with Gasteiger partial charge in [-0.05, 0) is 6.92 Å². The van der Waals surface area contributed by atoms with Crippen molar-refractivity contribution in [3.63, 3.8) is 0 Å². The van der Waals surface area contributed by atoms with E-state index < -0.39 is 47.0 Å². The Kier molecular flexibility index (Phi) is 6.69. The fourth-order valence-electron chi connectivity index (χ4n) is 0.934. The maximum atomic E-state index is 12.1. The van der Waals surface area contributed by atoms with E-state index in [1.165, 1.54) is 0 Å². The minimum Gasteiger partial charge on any atom is -0.280 e. The predicted octanol–water partition coefficient (Wildman–Crippen LogP) is 4.49. The van der Waals surface area contributed by atoms with E-state index in [9.17, 15) is 52.7 Å². The van der Waals surface area contributed by atoms with Crippen molar-refractivity contribution < 1.29 is 62.4 Å². The van der Waals surface area contributed by atoms with E-state index in [0.29, 0.717) is 0 Å². The van der Waals surface area contributed by atoms with Gasteiger partial charge in [-0.25, -0.2) is 0 Å². The molecule has 0 amide bonds. The Bertz CT molecular complexity index is 386.